The van der Waals surface area contributed by atoms with Crippen molar-refractivity contribution in [3.63, 3.8) is 0 Å². The van der Waals surface area contributed by atoms with Crippen LogP contribution >= 0.6 is 0 Å². The molecule has 1 aromatic carbocycles. The Morgan fingerprint density at radius 1 is 1.12 bits per heavy atom. The molecule has 0 amide bonds. The van der Waals surface area contributed by atoms with Crippen LogP contribution in [0.25, 0.3) is 11.3 Å². The number of benzene rings is 1. The number of carbonyl (C=O) groups is 1. The average molecular weight is 346 g/mol. The summed E-state index contributed by atoms with van der Waals surface area (Å²) < 4.78 is 40.5. The van der Waals surface area contributed by atoms with Crippen LogP contribution in [0.5, 0.6) is 0 Å². The minimum atomic E-state index is -4.35. The second kappa shape index (κ2) is 5.89. The highest BCUT2D eigenvalue weighted by Gasteiger charge is 2.29. The summed E-state index contributed by atoms with van der Waals surface area (Å²) in [6, 6.07) is 11.8. The highest BCUT2D eigenvalue weighted by molar-refractivity contribution is 7.90. The summed E-state index contributed by atoms with van der Waals surface area (Å²) in [5, 5.41) is 9.13. The van der Waals surface area contributed by atoms with Crippen LogP contribution in [0.4, 0.5) is 4.39 Å². The molecule has 0 aliphatic carbocycles. The number of hydrogen-bond donors (Lipinski definition) is 1. The van der Waals surface area contributed by atoms with Gasteiger partial charge in [-0.15, -0.1) is 0 Å². The molecule has 0 spiro atoms. The molecule has 3 aromatic rings. The number of carboxylic acids is 1. The van der Waals surface area contributed by atoms with Gasteiger partial charge in [0.05, 0.1) is 5.69 Å². The first-order chi connectivity index (χ1) is 11.4. The molecule has 6 nitrogen and oxygen atoms in total. The molecule has 0 unspecified atom stereocenters. The second-order valence-electron chi connectivity index (χ2n) is 4.86. The predicted octanol–water partition coefficient (Wildman–Crippen LogP) is 2.62. The van der Waals surface area contributed by atoms with Crippen molar-refractivity contribution in [1.82, 2.24) is 8.96 Å². The van der Waals surface area contributed by atoms with Gasteiger partial charge in [0, 0.05) is 12.4 Å². The van der Waals surface area contributed by atoms with Crippen LogP contribution in [0, 0.1) is 5.95 Å². The van der Waals surface area contributed by atoms with Crippen molar-refractivity contribution in [3.05, 3.63) is 72.4 Å². The van der Waals surface area contributed by atoms with Gasteiger partial charge in [-0.25, -0.2) is 17.2 Å². The van der Waals surface area contributed by atoms with E-state index in [1.165, 1.54) is 18.3 Å². The fourth-order valence-electron chi connectivity index (χ4n) is 2.27. The molecule has 2 heterocycles. The molecular formula is C16H11FN2O4S. The van der Waals surface area contributed by atoms with E-state index in [-0.39, 0.29) is 10.6 Å². The van der Waals surface area contributed by atoms with Crippen molar-refractivity contribution in [2.45, 2.75) is 4.90 Å². The zero-order valence-electron chi connectivity index (χ0n) is 12.1. The zero-order valence-corrected chi connectivity index (χ0v) is 12.9. The number of pyridine rings is 1. The normalized spacial score (nSPS) is 11.4. The average Bonchev–Trinajstić information content (AvgIpc) is 2.95. The maximum atomic E-state index is 14.6. The molecule has 0 aliphatic heterocycles. The molecule has 24 heavy (non-hydrogen) atoms. The lowest BCUT2D eigenvalue weighted by molar-refractivity contribution is 0.0691. The number of aromatic carboxylic acids is 1. The fourth-order valence-corrected chi connectivity index (χ4v) is 3.65. The highest BCUT2D eigenvalue weighted by atomic mass is 32.2. The summed E-state index contributed by atoms with van der Waals surface area (Å²) in [6.45, 7) is 0. The van der Waals surface area contributed by atoms with Gasteiger partial charge in [0.15, 0.2) is 0 Å². The van der Waals surface area contributed by atoms with Crippen molar-refractivity contribution < 1.29 is 22.7 Å². The van der Waals surface area contributed by atoms with Gasteiger partial charge in [-0.3, -0.25) is 4.98 Å². The van der Waals surface area contributed by atoms with E-state index < -0.39 is 27.5 Å². The van der Waals surface area contributed by atoms with Crippen molar-refractivity contribution in [3.8, 4) is 11.3 Å². The van der Waals surface area contributed by atoms with E-state index in [4.69, 9.17) is 5.11 Å². The van der Waals surface area contributed by atoms with Crippen LogP contribution in [0.3, 0.4) is 0 Å². The second-order valence-corrected chi connectivity index (χ2v) is 6.65. The molecule has 0 fully saturated rings. The Hall–Kier alpha value is -3.00. The summed E-state index contributed by atoms with van der Waals surface area (Å²) in [4.78, 5) is 14.7. The Morgan fingerprint density at radius 3 is 2.42 bits per heavy atom. The van der Waals surface area contributed by atoms with Gasteiger partial charge in [-0.2, -0.15) is 4.39 Å². The quantitative estimate of drug-likeness (QED) is 0.784. The molecule has 122 valence electrons. The summed E-state index contributed by atoms with van der Waals surface area (Å²) in [5.74, 6) is -2.91. The van der Waals surface area contributed by atoms with Gasteiger partial charge in [0.2, 0.25) is 5.95 Å². The minimum Gasteiger partial charge on any atom is -0.478 e. The lowest BCUT2D eigenvalue weighted by Gasteiger charge is -2.11. The Kier molecular flexibility index (Phi) is 3.90. The third-order valence-corrected chi connectivity index (χ3v) is 5.05. The monoisotopic (exact) mass is 346 g/mol. The van der Waals surface area contributed by atoms with Gasteiger partial charge in [-0.1, -0.05) is 30.3 Å². The number of nitrogens with zero attached hydrogens (tertiary/aromatic N) is 2. The Bertz CT molecular complexity index is 999. The number of carboxylic acid groups (broad SMARTS) is 1. The van der Waals surface area contributed by atoms with E-state index in [1.807, 2.05) is 0 Å². The van der Waals surface area contributed by atoms with E-state index >= 15 is 0 Å². The highest BCUT2D eigenvalue weighted by Crippen LogP contribution is 2.29. The summed E-state index contributed by atoms with van der Waals surface area (Å²) in [5.41, 5.74) is -0.424. The number of halogens is 1. The van der Waals surface area contributed by atoms with Gasteiger partial charge in [0.1, 0.15) is 10.5 Å². The van der Waals surface area contributed by atoms with Crippen LogP contribution < -0.4 is 0 Å². The maximum Gasteiger partial charge on any atom is 0.340 e. The molecule has 8 heteroatoms. The molecular weight excluding hydrogens is 335 g/mol. The number of aromatic nitrogens is 2. The number of hydrogen-bond acceptors (Lipinski definition) is 4. The van der Waals surface area contributed by atoms with Gasteiger partial charge < -0.3 is 5.11 Å². The summed E-state index contributed by atoms with van der Waals surface area (Å²) >= 11 is 0. The van der Waals surface area contributed by atoms with Crippen LogP contribution in [-0.4, -0.2) is 28.5 Å². The maximum absolute atomic E-state index is 14.6. The van der Waals surface area contributed by atoms with Gasteiger partial charge >= 0.3 is 5.97 Å². The molecule has 0 bridgehead atoms. The van der Waals surface area contributed by atoms with E-state index in [2.05, 4.69) is 4.98 Å². The number of rotatable bonds is 4. The van der Waals surface area contributed by atoms with E-state index in [1.54, 1.807) is 30.3 Å². The van der Waals surface area contributed by atoms with E-state index in [0.29, 0.717) is 9.54 Å². The molecule has 2 aromatic heterocycles. The third kappa shape index (κ3) is 2.56. The van der Waals surface area contributed by atoms with E-state index in [9.17, 15) is 17.6 Å². The van der Waals surface area contributed by atoms with Crippen LogP contribution in [-0.2, 0) is 10.0 Å². The first kappa shape index (κ1) is 15.9. The summed E-state index contributed by atoms with van der Waals surface area (Å²) in [7, 11) is -4.35. The first-order valence-electron chi connectivity index (χ1n) is 6.78. The van der Waals surface area contributed by atoms with Crippen LogP contribution in [0.2, 0.25) is 0 Å². The lowest BCUT2D eigenvalue weighted by atomic mass is 10.1. The third-order valence-electron chi connectivity index (χ3n) is 3.37. The zero-order chi connectivity index (χ0) is 17.3. The lowest BCUT2D eigenvalue weighted by Crippen LogP contribution is -2.17. The van der Waals surface area contributed by atoms with Crippen molar-refractivity contribution in [2.24, 2.45) is 0 Å². The largest absolute Gasteiger partial charge is 0.478 e. The Balaban J connectivity index is 2.33. The first-order valence-corrected chi connectivity index (χ1v) is 8.22. The molecule has 0 atom stereocenters. The fraction of sp³-hybridized carbons (Fsp3) is 0. The van der Waals surface area contributed by atoms with Gasteiger partial charge in [-0.05, 0) is 23.8 Å². The molecule has 3 rings (SSSR count). The topological polar surface area (TPSA) is 89.3 Å². The van der Waals surface area contributed by atoms with E-state index in [0.717, 1.165) is 12.3 Å². The SMILES string of the molecule is O=C(O)c1cc(-c2ccccc2)n(S(=O)(=O)c2cccnc2)c1F. The smallest absolute Gasteiger partial charge is 0.340 e. The Labute approximate surface area is 136 Å². The molecule has 0 saturated carbocycles. The minimum absolute atomic E-state index is 0.0747. The standard InChI is InChI=1S/C16H11FN2O4S/c17-15-13(16(20)21)9-14(11-5-2-1-3-6-11)19(15)24(22,23)12-7-4-8-18-10-12/h1-10H,(H,20,21). The van der Waals surface area contributed by atoms with Crippen LogP contribution in [0.1, 0.15) is 10.4 Å². The molecule has 0 radical (unpaired) electrons. The Morgan fingerprint density at radius 2 is 1.83 bits per heavy atom. The van der Waals surface area contributed by atoms with Crippen molar-refractivity contribution in [1.29, 1.82) is 0 Å². The summed E-state index contributed by atoms with van der Waals surface area (Å²) in [6.07, 6.45) is 2.45. The predicted molar refractivity (Wildman–Crippen MR) is 83.6 cm³/mol. The molecule has 1 N–H and O–H groups in total. The molecule has 0 saturated heterocycles. The van der Waals surface area contributed by atoms with Crippen molar-refractivity contribution in [2.75, 3.05) is 0 Å². The van der Waals surface area contributed by atoms with Crippen molar-refractivity contribution >= 4 is 16.0 Å². The van der Waals surface area contributed by atoms with Gasteiger partial charge in [0.25, 0.3) is 10.0 Å². The molecule has 0 aliphatic rings. The van der Waals surface area contributed by atoms with Crippen LogP contribution in [0.15, 0.2) is 65.8 Å².